The molecule has 2 aromatic rings. The van der Waals surface area contributed by atoms with Crippen molar-refractivity contribution >= 4 is 41.5 Å². The zero-order valence-electron chi connectivity index (χ0n) is 17.0. The zero-order valence-corrected chi connectivity index (χ0v) is 19.3. The van der Waals surface area contributed by atoms with E-state index in [0.29, 0.717) is 50.1 Å². The summed E-state index contributed by atoms with van der Waals surface area (Å²) in [4.78, 5) is 19.7. The second-order valence-corrected chi connectivity index (χ2v) is 6.82. The van der Waals surface area contributed by atoms with E-state index >= 15 is 0 Å². The smallest absolute Gasteiger partial charge is 0.416 e. The maximum atomic E-state index is 13.0. The number of amides is 1. The number of hydrogen-bond acceptors (Lipinski definition) is 4. The molecule has 1 fully saturated rings. The number of hydrogen-bond donors (Lipinski definition) is 2. The Hall–Kier alpha value is -2.44. The summed E-state index contributed by atoms with van der Waals surface area (Å²) in [6, 6.07) is 8.54. The zero-order chi connectivity index (χ0) is 21.7. The Labute approximate surface area is 195 Å². The normalized spacial score (nSPS) is 14.9. The number of nitrogens with zero attached hydrogens (tertiary/aromatic N) is 3. The summed E-state index contributed by atoms with van der Waals surface area (Å²) in [5.74, 6) is 0.641. The molecule has 0 spiro atoms. The molecule has 1 aliphatic rings. The van der Waals surface area contributed by atoms with Crippen molar-refractivity contribution < 1.29 is 22.4 Å². The van der Waals surface area contributed by atoms with E-state index in [0.717, 1.165) is 6.07 Å². The fourth-order valence-corrected chi connectivity index (χ4v) is 3.23. The predicted molar refractivity (Wildman–Crippen MR) is 123 cm³/mol. The van der Waals surface area contributed by atoms with Crippen molar-refractivity contribution in [3.63, 3.8) is 0 Å². The van der Waals surface area contributed by atoms with Gasteiger partial charge < -0.3 is 25.3 Å². The molecule has 1 amide bonds. The van der Waals surface area contributed by atoms with Gasteiger partial charge in [-0.3, -0.25) is 4.79 Å². The van der Waals surface area contributed by atoms with Crippen molar-refractivity contribution in [3.8, 4) is 0 Å². The summed E-state index contributed by atoms with van der Waals surface area (Å²) in [6.07, 6.45) is -4.36. The van der Waals surface area contributed by atoms with E-state index < -0.39 is 17.6 Å². The number of nitrogens with two attached hydrogens (primary N) is 1. The Balaban J connectivity index is 0.00000341. The standard InChI is InChI=1S/C20H24F3N5O2.HI/c1-2-25-19(26-13-16-6-7-17(30-16)18(24)29)28-10-8-27(9-11-28)15-5-3-4-14(12-15)20(21,22)23;/h3-7,12H,2,8-11,13H2,1H3,(H2,24,29)(H,25,26);1H. The third-order valence-electron chi connectivity index (χ3n) is 4.74. The molecular formula is C20H25F3IN5O2. The lowest BCUT2D eigenvalue weighted by Crippen LogP contribution is -2.52. The number of aliphatic imine (C=N–C) groups is 1. The number of primary amides is 1. The Morgan fingerprint density at radius 2 is 1.90 bits per heavy atom. The molecule has 1 aromatic carbocycles. The Morgan fingerprint density at radius 1 is 1.19 bits per heavy atom. The Kier molecular flexibility index (Phi) is 8.60. The molecule has 11 heteroatoms. The van der Waals surface area contributed by atoms with Crippen LogP contribution in [0.3, 0.4) is 0 Å². The molecule has 0 bridgehead atoms. The first kappa shape index (κ1) is 24.8. The number of carbonyl (C=O) groups is 1. The van der Waals surface area contributed by atoms with Gasteiger partial charge >= 0.3 is 6.18 Å². The van der Waals surface area contributed by atoms with Crippen molar-refractivity contribution in [2.24, 2.45) is 10.7 Å². The second-order valence-electron chi connectivity index (χ2n) is 6.82. The molecule has 3 N–H and O–H groups in total. The summed E-state index contributed by atoms with van der Waals surface area (Å²) in [5, 5.41) is 3.21. The van der Waals surface area contributed by atoms with Gasteiger partial charge in [0.05, 0.1) is 5.56 Å². The fraction of sp³-hybridized carbons (Fsp3) is 0.400. The van der Waals surface area contributed by atoms with Gasteiger partial charge in [-0.05, 0) is 37.3 Å². The third kappa shape index (κ3) is 6.52. The van der Waals surface area contributed by atoms with Gasteiger partial charge in [-0.15, -0.1) is 24.0 Å². The number of piperazine rings is 1. The van der Waals surface area contributed by atoms with Crippen LogP contribution in [0.15, 0.2) is 45.8 Å². The van der Waals surface area contributed by atoms with Crippen LogP contribution in [0, 0.1) is 0 Å². The van der Waals surface area contributed by atoms with Gasteiger partial charge in [0, 0.05) is 38.4 Å². The number of alkyl halides is 3. The van der Waals surface area contributed by atoms with Crippen molar-refractivity contribution in [1.82, 2.24) is 10.2 Å². The molecule has 0 atom stereocenters. The van der Waals surface area contributed by atoms with Gasteiger partial charge in [0.1, 0.15) is 12.3 Å². The first-order chi connectivity index (χ1) is 14.3. The minimum Gasteiger partial charge on any atom is -0.454 e. The summed E-state index contributed by atoms with van der Waals surface area (Å²) in [5.41, 5.74) is 5.09. The van der Waals surface area contributed by atoms with Crippen LogP contribution in [0.5, 0.6) is 0 Å². The minimum absolute atomic E-state index is 0. The first-order valence-electron chi connectivity index (χ1n) is 9.62. The van der Waals surface area contributed by atoms with Gasteiger partial charge in [0.25, 0.3) is 5.91 Å². The summed E-state index contributed by atoms with van der Waals surface area (Å²) >= 11 is 0. The highest BCUT2D eigenvalue weighted by atomic mass is 127. The van der Waals surface area contributed by atoms with E-state index in [1.807, 2.05) is 16.7 Å². The molecule has 0 saturated carbocycles. The van der Waals surface area contributed by atoms with Crippen LogP contribution in [-0.4, -0.2) is 49.5 Å². The molecule has 1 aliphatic heterocycles. The largest absolute Gasteiger partial charge is 0.454 e. The topological polar surface area (TPSA) is 87.1 Å². The number of halogens is 4. The van der Waals surface area contributed by atoms with Gasteiger partial charge in [-0.2, -0.15) is 13.2 Å². The average molecular weight is 551 g/mol. The minimum atomic E-state index is -4.36. The monoisotopic (exact) mass is 551 g/mol. The van der Waals surface area contributed by atoms with E-state index in [1.165, 1.54) is 18.2 Å². The molecule has 0 aliphatic carbocycles. The number of nitrogens with one attached hydrogen (secondary N) is 1. The summed E-state index contributed by atoms with van der Waals surface area (Å²) in [6.45, 7) is 5.20. The molecule has 7 nitrogen and oxygen atoms in total. The van der Waals surface area contributed by atoms with Gasteiger partial charge in [0.15, 0.2) is 11.7 Å². The van der Waals surface area contributed by atoms with Crippen LogP contribution in [0.1, 0.15) is 28.8 Å². The van der Waals surface area contributed by atoms with Crippen LogP contribution in [0.25, 0.3) is 0 Å². The lowest BCUT2D eigenvalue weighted by molar-refractivity contribution is -0.137. The number of carbonyl (C=O) groups excluding carboxylic acids is 1. The van der Waals surface area contributed by atoms with Crippen molar-refractivity contribution in [3.05, 3.63) is 53.5 Å². The molecule has 2 heterocycles. The first-order valence-corrected chi connectivity index (χ1v) is 9.62. The molecular weight excluding hydrogens is 526 g/mol. The maximum Gasteiger partial charge on any atom is 0.416 e. The van der Waals surface area contributed by atoms with E-state index in [1.54, 1.807) is 12.1 Å². The number of rotatable bonds is 5. The van der Waals surface area contributed by atoms with E-state index in [9.17, 15) is 18.0 Å². The predicted octanol–water partition coefficient (Wildman–Crippen LogP) is 3.30. The van der Waals surface area contributed by atoms with Crippen LogP contribution in [0.2, 0.25) is 0 Å². The number of guanidine groups is 1. The fourth-order valence-electron chi connectivity index (χ4n) is 3.23. The molecule has 31 heavy (non-hydrogen) atoms. The van der Waals surface area contributed by atoms with E-state index in [2.05, 4.69) is 10.3 Å². The highest BCUT2D eigenvalue weighted by Crippen LogP contribution is 2.31. The second kappa shape index (κ2) is 10.7. The van der Waals surface area contributed by atoms with Crippen LogP contribution >= 0.6 is 24.0 Å². The quantitative estimate of drug-likeness (QED) is 0.339. The third-order valence-corrected chi connectivity index (χ3v) is 4.74. The number of benzene rings is 1. The van der Waals surface area contributed by atoms with Gasteiger partial charge in [0.2, 0.25) is 0 Å². The molecule has 1 saturated heterocycles. The highest BCUT2D eigenvalue weighted by Gasteiger charge is 2.31. The molecule has 0 radical (unpaired) electrons. The molecule has 1 aromatic heterocycles. The van der Waals surface area contributed by atoms with Crippen LogP contribution in [-0.2, 0) is 12.7 Å². The molecule has 3 rings (SSSR count). The number of anilines is 1. The maximum absolute atomic E-state index is 13.0. The van der Waals surface area contributed by atoms with E-state index in [-0.39, 0.29) is 36.3 Å². The van der Waals surface area contributed by atoms with E-state index in [4.69, 9.17) is 10.2 Å². The van der Waals surface area contributed by atoms with Crippen molar-refractivity contribution in [2.75, 3.05) is 37.6 Å². The van der Waals surface area contributed by atoms with Gasteiger partial charge in [-0.25, -0.2) is 4.99 Å². The Morgan fingerprint density at radius 3 is 2.48 bits per heavy atom. The van der Waals surface area contributed by atoms with Crippen LogP contribution in [0.4, 0.5) is 18.9 Å². The molecule has 170 valence electrons. The van der Waals surface area contributed by atoms with Gasteiger partial charge in [-0.1, -0.05) is 6.07 Å². The van der Waals surface area contributed by atoms with Crippen molar-refractivity contribution in [1.29, 1.82) is 0 Å². The summed E-state index contributed by atoms with van der Waals surface area (Å²) in [7, 11) is 0. The molecule has 0 unspecified atom stereocenters. The number of furan rings is 1. The van der Waals surface area contributed by atoms with Crippen LogP contribution < -0.4 is 16.0 Å². The average Bonchev–Trinajstić information content (AvgIpc) is 3.20. The van der Waals surface area contributed by atoms with Crippen molar-refractivity contribution in [2.45, 2.75) is 19.6 Å². The lowest BCUT2D eigenvalue weighted by Gasteiger charge is -2.37. The Bertz CT molecular complexity index is 908. The highest BCUT2D eigenvalue weighted by molar-refractivity contribution is 14.0. The lowest BCUT2D eigenvalue weighted by atomic mass is 10.1. The SMILES string of the molecule is CCNC(=NCc1ccc(C(N)=O)o1)N1CCN(c2cccc(C(F)(F)F)c2)CC1.I. The summed E-state index contributed by atoms with van der Waals surface area (Å²) < 4.78 is 44.3.